The van der Waals surface area contributed by atoms with Gasteiger partial charge in [0.1, 0.15) is 0 Å². The van der Waals surface area contributed by atoms with E-state index in [-0.39, 0.29) is 24.2 Å². The van der Waals surface area contributed by atoms with Crippen LogP contribution in [0.15, 0.2) is 24.3 Å². The van der Waals surface area contributed by atoms with E-state index in [2.05, 4.69) is 10.1 Å². The maximum atomic E-state index is 12.0. The van der Waals surface area contributed by atoms with Gasteiger partial charge in [0.25, 0.3) is 0 Å². The highest BCUT2D eigenvalue weighted by molar-refractivity contribution is 5.99. The summed E-state index contributed by atoms with van der Waals surface area (Å²) < 4.78 is 4.68. The van der Waals surface area contributed by atoms with E-state index in [1.165, 1.54) is 7.11 Å². The Bertz CT molecular complexity index is 553. The number of benzene rings is 1. The summed E-state index contributed by atoms with van der Waals surface area (Å²) in [6, 6.07) is 6.98. The first-order chi connectivity index (χ1) is 10.0. The van der Waals surface area contributed by atoms with Gasteiger partial charge in [-0.2, -0.15) is 0 Å². The molecule has 1 fully saturated rings. The predicted octanol–water partition coefficient (Wildman–Crippen LogP) is 1.56. The number of amides is 2. The second-order valence-corrected chi connectivity index (χ2v) is 4.88. The van der Waals surface area contributed by atoms with Crippen LogP contribution < -0.4 is 10.2 Å². The summed E-state index contributed by atoms with van der Waals surface area (Å²) in [4.78, 5) is 36.3. The lowest BCUT2D eigenvalue weighted by molar-refractivity contribution is -0.145. The van der Waals surface area contributed by atoms with Crippen LogP contribution in [0.4, 0.5) is 11.4 Å². The van der Waals surface area contributed by atoms with Crippen LogP contribution in [-0.4, -0.2) is 31.4 Å². The Morgan fingerprint density at radius 3 is 2.57 bits per heavy atom. The minimum absolute atomic E-state index is 0.0641. The Labute approximate surface area is 123 Å². The van der Waals surface area contributed by atoms with E-state index >= 15 is 0 Å². The fraction of sp³-hybridized carbons (Fsp3) is 0.400. The number of ether oxygens (including phenoxy) is 1. The quantitative estimate of drug-likeness (QED) is 0.854. The molecule has 21 heavy (non-hydrogen) atoms. The first kappa shape index (κ1) is 15.0. The van der Waals surface area contributed by atoms with Gasteiger partial charge in [-0.15, -0.1) is 0 Å². The van der Waals surface area contributed by atoms with Crippen molar-refractivity contribution in [2.45, 2.75) is 19.8 Å². The first-order valence-corrected chi connectivity index (χ1v) is 6.83. The molecule has 1 N–H and O–H groups in total. The maximum Gasteiger partial charge on any atom is 0.311 e. The summed E-state index contributed by atoms with van der Waals surface area (Å²) >= 11 is 0. The lowest BCUT2D eigenvalue weighted by Crippen LogP contribution is -2.26. The number of rotatable bonds is 4. The van der Waals surface area contributed by atoms with Crippen molar-refractivity contribution in [3.05, 3.63) is 24.3 Å². The Morgan fingerprint density at radius 2 is 2.00 bits per heavy atom. The van der Waals surface area contributed by atoms with Crippen LogP contribution in [0.3, 0.4) is 0 Å². The summed E-state index contributed by atoms with van der Waals surface area (Å²) in [5.74, 6) is -0.943. The zero-order valence-electron chi connectivity index (χ0n) is 12.1. The van der Waals surface area contributed by atoms with E-state index in [0.29, 0.717) is 24.3 Å². The van der Waals surface area contributed by atoms with Gasteiger partial charge in [-0.25, -0.2) is 0 Å². The van der Waals surface area contributed by atoms with Gasteiger partial charge in [-0.05, 0) is 24.3 Å². The van der Waals surface area contributed by atoms with Gasteiger partial charge in [0.05, 0.1) is 13.0 Å². The van der Waals surface area contributed by atoms with Gasteiger partial charge in [0.15, 0.2) is 0 Å². The molecule has 112 valence electrons. The molecule has 1 aliphatic rings. The van der Waals surface area contributed by atoms with Gasteiger partial charge in [-0.1, -0.05) is 6.92 Å². The van der Waals surface area contributed by atoms with Crippen molar-refractivity contribution in [2.24, 2.45) is 5.92 Å². The number of nitrogens with one attached hydrogen (secondary N) is 1. The second kappa shape index (κ2) is 6.39. The summed E-state index contributed by atoms with van der Waals surface area (Å²) in [7, 11) is 1.32. The van der Waals surface area contributed by atoms with Crippen molar-refractivity contribution in [3.8, 4) is 0 Å². The number of esters is 1. The number of hydrogen-bond donors (Lipinski definition) is 1. The Kier molecular flexibility index (Phi) is 4.57. The standard InChI is InChI=1S/C15H18N2O4/c1-3-13(18)16-11-4-6-12(7-5-11)17-9-10(8-14(17)19)15(20)21-2/h4-7,10H,3,8-9H2,1-2H3,(H,16,18)/t10-/m0/s1. The summed E-state index contributed by atoms with van der Waals surface area (Å²) in [6.45, 7) is 2.10. The number of methoxy groups -OCH3 is 1. The molecular weight excluding hydrogens is 272 g/mol. The van der Waals surface area contributed by atoms with E-state index in [1.807, 2.05) is 0 Å². The molecule has 2 amide bonds. The van der Waals surface area contributed by atoms with Gasteiger partial charge in [0, 0.05) is 30.8 Å². The average Bonchev–Trinajstić information content (AvgIpc) is 2.89. The summed E-state index contributed by atoms with van der Waals surface area (Å²) in [6.07, 6.45) is 0.578. The summed E-state index contributed by atoms with van der Waals surface area (Å²) in [5, 5.41) is 2.74. The van der Waals surface area contributed by atoms with Crippen LogP contribution >= 0.6 is 0 Å². The molecule has 0 spiro atoms. The van der Waals surface area contributed by atoms with Gasteiger partial charge in [-0.3, -0.25) is 14.4 Å². The molecule has 0 radical (unpaired) electrons. The predicted molar refractivity (Wildman–Crippen MR) is 77.8 cm³/mol. The fourth-order valence-corrected chi connectivity index (χ4v) is 2.26. The van der Waals surface area contributed by atoms with Crippen LogP contribution in [0.5, 0.6) is 0 Å². The molecule has 1 atom stereocenters. The topological polar surface area (TPSA) is 75.7 Å². The SMILES string of the molecule is CCC(=O)Nc1ccc(N2C[C@@H](C(=O)OC)CC2=O)cc1. The third-order valence-corrected chi connectivity index (χ3v) is 3.44. The zero-order chi connectivity index (χ0) is 15.4. The van der Waals surface area contributed by atoms with Crippen molar-refractivity contribution < 1.29 is 19.1 Å². The Morgan fingerprint density at radius 1 is 1.33 bits per heavy atom. The van der Waals surface area contributed by atoms with E-state index in [1.54, 1.807) is 36.1 Å². The van der Waals surface area contributed by atoms with Crippen molar-refractivity contribution in [1.82, 2.24) is 0 Å². The first-order valence-electron chi connectivity index (χ1n) is 6.83. The lowest BCUT2D eigenvalue weighted by atomic mass is 10.1. The van der Waals surface area contributed by atoms with Crippen molar-refractivity contribution in [1.29, 1.82) is 0 Å². The molecule has 2 rings (SSSR count). The lowest BCUT2D eigenvalue weighted by Gasteiger charge is -2.17. The van der Waals surface area contributed by atoms with E-state index < -0.39 is 5.92 Å². The average molecular weight is 290 g/mol. The molecule has 6 heteroatoms. The number of anilines is 2. The van der Waals surface area contributed by atoms with Crippen LogP contribution in [0.1, 0.15) is 19.8 Å². The highest BCUT2D eigenvalue weighted by atomic mass is 16.5. The summed E-state index contributed by atoms with van der Waals surface area (Å²) in [5.41, 5.74) is 1.39. The largest absolute Gasteiger partial charge is 0.469 e. The van der Waals surface area contributed by atoms with Gasteiger partial charge >= 0.3 is 5.97 Å². The van der Waals surface area contributed by atoms with Crippen LogP contribution in [0, 0.1) is 5.92 Å². The van der Waals surface area contributed by atoms with Crippen molar-refractivity contribution in [3.63, 3.8) is 0 Å². The molecule has 1 aliphatic heterocycles. The molecule has 0 unspecified atom stereocenters. The molecule has 1 heterocycles. The molecule has 1 aromatic rings. The number of nitrogens with zero attached hydrogens (tertiary/aromatic N) is 1. The van der Waals surface area contributed by atoms with Crippen molar-refractivity contribution in [2.75, 3.05) is 23.9 Å². The van der Waals surface area contributed by atoms with E-state index in [4.69, 9.17) is 0 Å². The molecule has 6 nitrogen and oxygen atoms in total. The zero-order valence-corrected chi connectivity index (χ0v) is 12.1. The molecule has 1 aromatic carbocycles. The highest BCUT2D eigenvalue weighted by Crippen LogP contribution is 2.26. The Hall–Kier alpha value is -2.37. The molecular formula is C15H18N2O4. The van der Waals surface area contributed by atoms with Crippen LogP contribution in [0.2, 0.25) is 0 Å². The number of carbonyl (C=O) groups is 3. The maximum absolute atomic E-state index is 12.0. The second-order valence-electron chi connectivity index (χ2n) is 4.88. The van der Waals surface area contributed by atoms with Crippen LogP contribution in [0.25, 0.3) is 0 Å². The van der Waals surface area contributed by atoms with Gasteiger partial charge in [0.2, 0.25) is 11.8 Å². The smallest absolute Gasteiger partial charge is 0.311 e. The third-order valence-electron chi connectivity index (χ3n) is 3.44. The molecule has 0 saturated carbocycles. The monoisotopic (exact) mass is 290 g/mol. The molecule has 0 bridgehead atoms. The Balaban J connectivity index is 2.07. The fourth-order valence-electron chi connectivity index (χ4n) is 2.26. The molecule has 0 aliphatic carbocycles. The van der Waals surface area contributed by atoms with Crippen LogP contribution in [-0.2, 0) is 19.1 Å². The van der Waals surface area contributed by atoms with E-state index in [0.717, 1.165) is 0 Å². The molecule has 1 saturated heterocycles. The highest BCUT2D eigenvalue weighted by Gasteiger charge is 2.35. The number of carbonyl (C=O) groups excluding carboxylic acids is 3. The van der Waals surface area contributed by atoms with Crippen molar-refractivity contribution >= 4 is 29.2 Å². The third kappa shape index (κ3) is 3.39. The number of hydrogen-bond acceptors (Lipinski definition) is 4. The molecule has 0 aromatic heterocycles. The minimum Gasteiger partial charge on any atom is -0.469 e. The van der Waals surface area contributed by atoms with Gasteiger partial charge < -0.3 is 15.0 Å². The minimum atomic E-state index is -0.415. The normalized spacial score (nSPS) is 17.7. The van der Waals surface area contributed by atoms with E-state index in [9.17, 15) is 14.4 Å².